The largest absolute Gasteiger partial charge is 0.352 e. The standard InChI is InChI=1S/C28H33Cl2N3O2/c1-18-5-2-10-23(13-18)33(17-26(34)31-22-8-4-9-22)28(16-19-6-3-7-20(29)14-19)24-12-11-21(30)15-25(24)32-27(28)35/h3,6-7,11-12,14-15,18,22-23H,2,4-5,8-10,13,16-17H2,1H3,(H,31,34)(H,32,35). The minimum atomic E-state index is -1.02. The molecule has 5 rings (SSSR count). The van der Waals surface area contributed by atoms with Gasteiger partial charge in [-0.3, -0.25) is 14.5 Å². The number of anilines is 1. The van der Waals surface area contributed by atoms with Gasteiger partial charge < -0.3 is 10.6 Å². The third kappa shape index (κ3) is 4.96. The van der Waals surface area contributed by atoms with Gasteiger partial charge in [-0.25, -0.2) is 0 Å². The Hall–Kier alpha value is -2.08. The molecule has 3 aliphatic rings. The van der Waals surface area contributed by atoms with E-state index in [1.807, 2.05) is 42.5 Å². The van der Waals surface area contributed by atoms with Crippen LogP contribution in [0.15, 0.2) is 42.5 Å². The molecule has 0 spiro atoms. The average Bonchev–Trinajstić information content (AvgIpc) is 3.05. The topological polar surface area (TPSA) is 61.4 Å². The van der Waals surface area contributed by atoms with Crippen molar-refractivity contribution in [1.29, 1.82) is 0 Å². The van der Waals surface area contributed by atoms with Gasteiger partial charge in [0.1, 0.15) is 5.54 Å². The van der Waals surface area contributed by atoms with E-state index in [4.69, 9.17) is 23.2 Å². The van der Waals surface area contributed by atoms with Crippen LogP contribution in [-0.2, 0) is 21.5 Å². The van der Waals surface area contributed by atoms with Crippen LogP contribution in [0.3, 0.4) is 0 Å². The number of amides is 2. The fourth-order valence-electron chi connectivity index (χ4n) is 6.07. The molecule has 2 aromatic rings. The highest BCUT2D eigenvalue weighted by molar-refractivity contribution is 6.31. The molecule has 2 fully saturated rings. The van der Waals surface area contributed by atoms with Gasteiger partial charge in [-0.15, -0.1) is 0 Å². The molecule has 186 valence electrons. The van der Waals surface area contributed by atoms with E-state index in [0.717, 1.165) is 55.3 Å². The average molecular weight is 514 g/mol. The second-order valence-electron chi connectivity index (χ2n) is 10.6. The molecular weight excluding hydrogens is 481 g/mol. The van der Waals surface area contributed by atoms with E-state index < -0.39 is 5.54 Å². The molecule has 2 N–H and O–H groups in total. The first kappa shape index (κ1) is 24.6. The van der Waals surface area contributed by atoms with Crippen molar-refractivity contribution in [2.75, 3.05) is 11.9 Å². The Morgan fingerprint density at radius 1 is 1.09 bits per heavy atom. The van der Waals surface area contributed by atoms with Gasteiger partial charge in [-0.1, -0.05) is 61.2 Å². The van der Waals surface area contributed by atoms with E-state index in [-0.39, 0.29) is 30.4 Å². The molecule has 3 unspecified atom stereocenters. The Morgan fingerprint density at radius 2 is 1.86 bits per heavy atom. The first-order chi connectivity index (χ1) is 16.8. The minimum absolute atomic E-state index is 0.00592. The number of hydrogen-bond acceptors (Lipinski definition) is 3. The molecule has 0 bridgehead atoms. The van der Waals surface area contributed by atoms with Crippen LogP contribution in [0.2, 0.25) is 10.0 Å². The van der Waals surface area contributed by atoms with Crippen molar-refractivity contribution in [1.82, 2.24) is 10.2 Å². The Bertz CT molecular complexity index is 1120. The van der Waals surface area contributed by atoms with E-state index >= 15 is 0 Å². The molecule has 2 amide bonds. The van der Waals surface area contributed by atoms with E-state index in [1.165, 1.54) is 6.42 Å². The zero-order valence-electron chi connectivity index (χ0n) is 20.2. The van der Waals surface area contributed by atoms with Gasteiger partial charge >= 0.3 is 0 Å². The summed E-state index contributed by atoms with van der Waals surface area (Å²) in [4.78, 5) is 29.6. The molecule has 2 aliphatic carbocycles. The Morgan fingerprint density at radius 3 is 2.57 bits per heavy atom. The van der Waals surface area contributed by atoms with Crippen LogP contribution >= 0.6 is 23.2 Å². The SMILES string of the molecule is CC1CCCC(N(CC(=O)NC2CCC2)C2(Cc3cccc(Cl)c3)C(=O)Nc3cc(Cl)ccc32)C1. The van der Waals surface area contributed by atoms with E-state index in [9.17, 15) is 9.59 Å². The first-order valence-corrected chi connectivity index (χ1v) is 13.5. The van der Waals surface area contributed by atoms with Crippen LogP contribution in [0.4, 0.5) is 5.69 Å². The fraction of sp³-hybridized carbons (Fsp3) is 0.500. The number of halogens is 2. The van der Waals surface area contributed by atoms with Gasteiger partial charge in [0.15, 0.2) is 0 Å². The number of rotatable bonds is 7. The van der Waals surface area contributed by atoms with Crippen LogP contribution < -0.4 is 10.6 Å². The third-order valence-electron chi connectivity index (χ3n) is 8.02. The first-order valence-electron chi connectivity index (χ1n) is 12.8. The summed E-state index contributed by atoms with van der Waals surface area (Å²) in [6.07, 6.45) is 7.84. The summed E-state index contributed by atoms with van der Waals surface area (Å²) >= 11 is 12.7. The van der Waals surface area contributed by atoms with Crippen molar-refractivity contribution in [3.63, 3.8) is 0 Å². The molecule has 2 saturated carbocycles. The van der Waals surface area contributed by atoms with Crippen LogP contribution in [-0.4, -0.2) is 35.3 Å². The number of carbonyl (C=O) groups is 2. The predicted octanol–water partition coefficient (Wildman–Crippen LogP) is 5.93. The number of nitrogens with one attached hydrogen (secondary N) is 2. The van der Waals surface area contributed by atoms with E-state index in [1.54, 1.807) is 0 Å². The van der Waals surface area contributed by atoms with Crippen molar-refractivity contribution in [2.45, 2.75) is 75.9 Å². The maximum atomic E-state index is 14.0. The van der Waals surface area contributed by atoms with Crippen molar-refractivity contribution < 1.29 is 9.59 Å². The summed E-state index contributed by atoms with van der Waals surface area (Å²) in [5.41, 5.74) is 1.53. The number of carbonyl (C=O) groups excluding carboxylic acids is 2. The molecular formula is C28H33Cl2N3O2. The normalized spacial score (nSPS) is 26.2. The van der Waals surface area contributed by atoms with Gasteiger partial charge in [-0.05, 0) is 67.9 Å². The van der Waals surface area contributed by atoms with Crippen LogP contribution in [0.1, 0.15) is 63.0 Å². The molecule has 0 saturated heterocycles. The van der Waals surface area contributed by atoms with Crippen molar-refractivity contribution in [2.24, 2.45) is 5.92 Å². The van der Waals surface area contributed by atoms with Crippen LogP contribution in [0.25, 0.3) is 0 Å². The summed E-state index contributed by atoms with van der Waals surface area (Å²) in [6.45, 7) is 2.45. The lowest BCUT2D eigenvalue weighted by Gasteiger charge is -2.46. The maximum absolute atomic E-state index is 14.0. The number of fused-ring (bicyclic) bond motifs is 1. The zero-order valence-corrected chi connectivity index (χ0v) is 21.7. The smallest absolute Gasteiger partial charge is 0.249 e. The Labute approximate surface area is 217 Å². The monoisotopic (exact) mass is 513 g/mol. The molecule has 35 heavy (non-hydrogen) atoms. The predicted molar refractivity (Wildman–Crippen MR) is 141 cm³/mol. The lowest BCUT2D eigenvalue weighted by Crippen LogP contribution is -2.60. The summed E-state index contributed by atoms with van der Waals surface area (Å²) in [5, 5.41) is 7.51. The highest BCUT2D eigenvalue weighted by Crippen LogP contribution is 2.47. The molecule has 3 atom stereocenters. The zero-order chi connectivity index (χ0) is 24.6. The van der Waals surface area contributed by atoms with Gasteiger partial charge in [0.2, 0.25) is 11.8 Å². The van der Waals surface area contributed by atoms with E-state index in [2.05, 4.69) is 22.5 Å². The molecule has 1 aliphatic heterocycles. The molecule has 7 heteroatoms. The van der Waals surface area contributed by atoms with Gasteiger partial charge in [0.05, 0.1) is 6.54 Å². The van der Waals surface area contributed by atoms with Gasteiger partial charge in [-0.2, -0.15) is 0 Å². The van der Waals surface area contributed by atoms with Gasteiger partial charge in [0.25, 0.3) is 0 Å². The molecule has 0 radical (unpaired) electrons. The number of benzene rings is 2. The minimum Gasteiger partial charge on any atom is -0.352 e. The number of hydrogen-bond donors (Lipinski definition) is 2. The van der Waals surface area contributed by atoms with Crippen molar-refractivity contribution >= 4 is 40.7 Å². The molecule has 1 heterocycles. The van der Waals surface area contributed by atoms with Gasteiger partial charge in [0, 0.05) is 39.8 Å². The fourth-order valence-corrected chi connectivity index (χ4v) is 6.46. The van der Waals surface area contributed by atoms with Crippen LogP contribution in [0.5, 0.6) is 0 Å². The molecule has 2 aromatic carbocycles. The summed E-state index contributed by atoms with van der Waals surface area (Å²) in [6, 6.07) is 13.6. The van der Waals surface area contributed by atoms with Crippen LogP contribution in [0, 0.1) is 5.92 Å². The molecule has 0 aromatic heterocycles. The summed E-state index contributed by atoms with van der Waals surface area (Å²) < 4.78 is 0. The number of nitrogens with zero attached hydrogens (tertiary/aromatic N) is 1. The van der Waals surface area contributed by atoms with Crippen molar-refractivity contribution in [3.05, 3.63) is 63.6 Å². The summed E-state index contributed by atoms with van der Waals surface area (Å²) in [7, 11) is 0. The van der Waals surface area contributed by atoms with E-state index in [0.29, 0.717) is 22.4 Å². The third-order valence-corrected chi connectivity index (χ3v) is 8.49. The maximum Gasteiger partial charge on any atom is 0.249 e. The lowest BCUT2D eigenvalue weighted by atomic mass is 9.78. The lowest BCUT2D eigenvalue weighted by molar-refractivity contribution is -0.136. The quantitative estimate of drug-likeness (QED) is 0.481. The Balaban J connectivity index is 1.60. The second-order valence-corrected chi connectivity index (χ2v) is 11.4. The van der Waals surface area contributed by atoms with Crippen molar-refractivity contribution in [3.8, 4) is 0 Å². The highest BCUT2D eigenvalue weighted by Gasteiger charge is 2.54. The second kappa shape index (κ2) is 10.1. The highest BCUT2D eigenvalue weighted by atomic mass is 35.5. The molecule has 5 nitrogen and oxygen atoms in total. The Kier molecular flexibility index (Phi) is 7.11. The summed E-state index contributed by atoms with van der Waals surface area (Å²) in [5.74, 6) is 0.432.